The maximum atomic E-state index is 12.3. The lowest BCUT2D eigenvalue weighted by atomic mass is 9.83. The molecule has 1 aromatic carbocycles. The highest BCUT2D eigenvalue weighted by molar-refractivity contribution is 6.28. The third kappa shape index (κ3) is 3.76. The van der Waals surface area contributed by atoms with Crippen molar-refractivity contribution in [2.24, 2.45) is 11.7 Å². The minimum absolute atomic E-state index is 0.00986. The number of allylic oxidation sites excluding steroid dienone is 2. The number of Topliss-reactive ketones (excluding diaryl/α,β-unsaturated/α-hetero) is 1. The first kappa shape index (κ1) is 17.6. The van der Waals surface area contributed by atoms with E-state index in [4.69, 9.17) is 11.1 Å². The SMILES string of the molecule is COC(=O)C1CC(=O)C(C(=N)c2cccc(OC(F)F)c2)=C(N)C1. The van der Waals surface area contributed by atoms with Crippen LogP contribution in [0.15, 0.2) is 35.5 Å². The third-order valence-electron chi connectivity index (χ3n) is 3.63. The Hall–Kier alpha value is -2.77. The van der Waals surface area contributed by atoms with Crippen molar-refractivity contribution in [2.45, 2.75) is 19.5 Å². The summed E-state index contributed by atoms with van der Waals surface area (Å²) in [6, 6.07) is 5.47. The zero-order valence-corrected chi connectivity index (χ0v) is 12.8. The fraction of sp³-hybridized carbons (Fsp3) is 0.312. The van der Waals surface area contributed by atoms with E-state index in [1.54, 1.807) is 0 Å². The number of rotatable bonds is 5. The van der Waals surface area contributed by atoms with E-state index in [0.717, 1.165) is 0 Å². The first-order chi connectivity index (χ1) is 11.3. The Labute approximate surface area is 136 Å². The van der Waals surface area contributed by atoms with Crippen molar-refractivity contribution in [3.05, 3.63) is 41.1 Å². The highest BCUT2D eigenvalue weighted by Crippen LogP contribution is 2.28. The Bertz CT molecular complexity index is 716. The molecule has 0 aliphatic heterocycles. The Morgan fingerprint density at radius 3 is 2.67 bits per heavy atom. The van der Waals surface area contributed by atoms with Crippen molar-refractivity contribution in [2.75, 3.05) is 7.11 Å². The van der Waals surface area contributed by atoms with Crippen LogP contribution in [0.25, 0.3) is 0 Å². The highest BCUT2D eigenvalue weighted by atomic mass is 19.3. The third-order valence-corrected chi connectivity index (χ3v) is 3.63. The number of carbonyl (C=O) groups excluding carboxylic acids is 2. The molecule has 2 rings (SSSR count). The number of hydrogen-bond donors (Lipinski definition) is 2. The van der Waals surface area contributed by atoms with E-state index in [-0.39, 0.29) is 41.1 Å². The van der Waals surface area contributed by atoms with Crippen LogP contribution in [-0.2, 0) is 14.3 Å². The van der Waals surface area contributed by atoms with Crippen molar-refractivity contribution >= 4 is 17.5 Å². The van der Waals surface area contributed by atoms with Crippen molar-refractivity contribution in [3.8, 4) is 5.75 Å². The van der Waals surface area contributed by atoms with Crippen LogP contribution in [0, 0.1) is 11.3 Å². The topological polar surface area (TPSA) is 102 Å². The van der Waals surface area contributed by atoms with E-state index >= 15 is 0 Å². The highest BCUT2D eigenvalue weighted by Gasteiger charge is 2.33. The number of alkyl halides is 2. The second-order valence-corrected chi connectivity index (χ2v) is 5.23. The largest absolute Gasteiger partial charge is 0.469 e. The molecule has 8 heteroatoms. The van der Waals surface area contributed by atoms with Gasteiger partial charge in [0.1, 0.15) is 5.75 Å². The summed E-state index contributed by atoms with van der Waals surface area (Å²) in [5.74, 6) is -1.79. The Kier molecular flexibility index (Phi) is 5.28. The fourth-order valence-electron chi connectivity index (χ4n) is 2.55. The van der Waals surface area contributed by atoms with Crippen molar-refractivity contribution in [1.29, 1.82) is 5.41 Å². The normalized spacial score (nSPS) is 17.8. The van der Waals surface area contributed by atoms with Gasteiger partial charge in [-0.05, 0) is 12.1 Å². The Morgan fingerprint density at radius 1 is 1.38 bits per heavy atom. The molecule has 1 aliphatic rings. The number of hydrogen-bond acceptors (Lipinski definition) is 6. The molecule has 0 radical (unpaired) electrons. The van der Waals surface area contributed by atoms with E-state index in [9.17, 15) is 18.4 Å². The lowest BCUT2D eigenvalue weighted by Gasteiger charge is -2.23. The summed E-state index contributed by atoms with van der Waals surface area (Å²) < 4.78 is 33.5. The van der Waals surface area contributed by atoms with Crippen LogP contribution in [-0.4, -0.2) is 31.2 Å². The molecule has 1 aromatic rings. The molecule has 128 valence electrons. The van der Waals surface area contributed by atoms with Gasteiger partial charge in [-0.25, -0.2) is 0 Å². The molecule has 0 saturated carbocycles. The number of nitrogens with two attached hydrogens (primary N) is 1. The van der Waals surface area contributed by atoms with E-state index in [1.807, 2.05) is 0 Å². The number of halogens is 2. The first-order valence-corrected chi connectivity index (χ1v) is 7.07. The quantitative estimate of drug-likeness (QED) is 0.632. The molecule has 3 N–H and O–H groups in total. The van der Waals surface area contributed by atoms with E-state index in [0.29, 0.717) is 0 Å². The molecule has 0 spiro atoms. The summed E-state index contributed by atoms with van der Waals surface area (Å²) in [5.41, 5.74) is 5.99. The van der Waals surface area contributed by atoms with E-state index in [1.165, 1.54) is 31.4 Å². The van der Waals surface area contributed by atoms with E-state index in [2.05, 4.69) is 9.47 Å². The summed E-state index contributed by atoms with van der Waals surface area (Å²) in [4.78, 5) is 23.8. The molecule has 1 aliphatic carbocycles. The van der Waals surface area contributed by atoms with Gasteiger partial charge in [-0.15, -0.1) is 0 Å². The van der Waals surface area contributed by atoms with Gasteiger partial charge in [0.2, 0.25) is 0 Å². The molecule has 0 heterocycles. The predicted molar refractivity (Wildman–Crippen MR) is 80.9 cm³/mol. The first-order valence-electron chi connectivity index (χ1n) is 7.07. The van der Waals surface area contributed by atoms with Gasteiger partial charge in [0.15, 0.2) is 5.78 Å². The molecule has 0 fully saturated rings. The predicted octanol–water partition coefficient (Wildman–Crippen LogP) is 2.02. The Balaban J connectivity index is 2.29. The lowest BCUT2D eigenvalue weighted by molar-refractivity contribution is -0.147. The second kappa shape index (κ2) is 7.20. The van der Waals surface area contributed by atoms with Crippen LogP contribution >= 0.6 is 0 Å². The molecule has 24 heavy (non-hydrogen) atoms. The van der Waals surface area contributed by atoms with Crippen LogP contribution in [0.3, 0.4) is 0 Å². The average molecular weight is 338 g/mol. The van der Waals surface area contributed by atoms with Crippen molar-refractivity contribution in [3.63, 3.8) is 0 Å². The van der Waals surface area contributed by atoms with Gasteiger partial charge in [-0.1, -0.05) is 12.1 Å². The molecule has 1 unspecified atom stereocenters. The second-order valence-electron chi connectivity index (χ2n) is 5.23. The van der Waals surface area contributed by atoms with Gasteiger partial charge >= 0.3 is 12.6 Å². The molecular formula is C16H16F2N2O4. The molecular weight excluding hydrogens is 322 g/mol. The van der Waals surface area contributed by atoms with Gasteiger partial charge in [0, 0.05) is 24.1 Å². The fourth-order valence-corrected chi connectivity index (χ4v) is 2.55. The zero-order chi connectivity index (χ0) is 17.9. The number of nitrogens with one attached hydrogen (secondary N) is 1. The van der Waals surface area contributed by atoms with Crippen LogP contribution in [0.4, 0.5) is 8.78 Å². The summed E-state index contributed by atoms with van der Waals surface area (Å²) in [7, 11) is 1.22. The molecule has 0 amide bonds. The molecule has 0 bridgehead atoms. The van der Waals surface area contributed by atoms with E-state index < -0.39 is 24.3 Å². The van der Waals surface area contributed by atoms with Crippen molar-refractivity contribution in [1.82, 2.24) is 0 Å². The number of methoxy groups -OCH3 is 1. The number of ether oxygens (including phenoxy) is 2. The van der Waals surface area contributed by atoms with Gasteiger partial charge in [-0.2, -0.15) is 8.78 Å². The molecule has 0 aromatic heterocycles. The molecule has 0 saturated heterocycles. The average Bonchev–Trinajstić information content (AvgIpc) is 2.52. The summed E-state index contributed by atoms with van der Waals surface area (Å²) in [6.45, 7) is -2.99. The van der Waals surface area contributed by atoms with Crippen LogP contribution in [0.2, 0.25) is 0 Å². The number of carbonyl (C=O) groups is 2. The minimum Gasteiger partial charge on any atom is -0.469 e. The van der Waals surface area contributed by atoms with Crippen LogP contribution < -0.4 is 10.5 Å². The standard InChI is InChI=1S/C16H16F2N2O4/c1-23-15(22)9-6-11(19)13(12(21)7-9)14(20)8-3-2-4-10(5-8)24-16(17)18/h2-5,9,16,20H,6-7,19H2,1H3. The summed E-state index contributed by atoms with van der Waals surface area (Å²) in [6.07, 6.45) is -0.0122. The van der Waals surface area contributed by atoms with Crippen LogP contribution in [0.5, 0.6) is 5.75 Å². The van der Waals surface area contributed by atoms with Gasteiger partial charge in [0.25, 0.3) is 0 Å². The Morgan fingerprint density at radius 2 is 2.08 bits per heavy atom. The number of esters is 1. The number of ketones is 1. The van der Waals surface area contributed by atoms with Crippen molar-refractivity contribution < 1.29 is 27.8 Å². The summed E-state index contributed by atoms with van der Waals surface area (Å²) in [5, 5.41) is 8.16. The minimum atomic E-state index is -2.99. The van der Waals surface area contributed by atoms with Gasteiger partial charge < -0.3 is 15.2 Å². The lowest BCUT2D eigenvalue weighted by Crippen LogP contribution is -2.31. The maximum absolute atomic E-state index is 12.3. The molecule has 6 nitrogen and oxygen atoms in total. The maximum Gasteiger partial charge on any atom is 0.387 e. The smallest absolute Gasteiger partial charge is 0.387 e. The van der Waals surface area contributed by atoms with Gasteiger partial charge in [0.05, 0.1) is 24.3 Å². The van der Waals surface area contributed by atoms with Crippen LogP contribution in [0.1, 0.15) is 18.4 Å². The van der Waals surface area contributed by atoms with Gasteiger partial charge in [-0.3, -0.25) is 15.0 Å². The monoisotopic (exact) mass is 338 g/mol. The zero-order valence-electron chi connectivity index (χ0n) is 12.8. The summed E-state index contributed by atoms with van der Waals surface area (Å²) >= 11 is 0. The number of benzene rings is 1. The molecule has 1 atom stereocenters.